The number of nitrogens with two attached hydrogens (primary N) is 3. The first-order valence-corrected chi connectivity index (χ1v) is 26.6. The van der Waals surface area contributed by atoms with Gasteiger partial charge in [0, 0.05) is 51.2 Å². The van der Waals surface area contributed by atoms with E-state index in [1.54, 1.807) is 0 Å². The van der Waals surface area contributed by atoms with Gasteiger partial charge >= 0.3 is 0 Å². The van der Waals surface area contributed by atoms with Crippen LogP contribution in [0.15, 0.2) is 200 Å². The Morgan fingerprint density at radius 2 is 0.474 bits per heavy atom. The molecule has 0 atom stereocenters. The van der Waals surface area contributed by atoms with E-state index in [9.17, 15) is 0 Å². The molecule has 0 radical (unpaired) electrons. The van der Waals surface area contributed by atoms with Crippen LogP contribution in [0.4, 0.5) is 17.1 Å². The molecular formula is C69H51N9. The lowest BCUT2D eigenvalue weighted by atomic mass is 9.86. The van der Waals surface area contributed by atoms with Crippen LogP contribution in [0.25, 0.3) is 135 Å². The number of aromatic nitrogens is 6. The Labute approximate surface area is 449 Å². The number of nitrogen functional groups attached to an aromatic ring is 3. The Morgan fingerprint density at radius 1 is 0.218 bits per heavy atom. The zero-order chi connectivity index (χ0) is 51.8. The lowest BCUT2D eigenvalue weighted by molar-refractivity contribution is 1.21. The topological polar surface area (TPSA) is 173 Å². The third-order valence-electron chi connectivity index (χ3n) is 16.6. The Kier molecular flexibility index (Phi) is 9.48. The molecule has 0 saturated heterocycles. The fourth-order valence-electron chi connectivity index (χ4n) is 12.7. The summed E-state index contributed by atoms with van der Waals surface area (Å²) in [6.07, 6.45) is 2.65. The summed E-state index contributed by atoms with van der Waals surface area (Å²) in [6.45, 7) is 0. The van der Waals surface area contributed by atoms with Crippen molar-refractivity contribution in [1.29, 1.82) is 0 Å². The molecule has 0 amide bonds. The van der Waals surface area contributed by atoms with Gasteiger partial charge in [-0.15, -0.1) is 0 Å². The van der Waals surface area contributed by atoms with Crippen LogP contribution in [0.2, 0.25) is 0 Å². The van der Waals surface area contributed by atoms with E-state index in [-0.39, 0.29) is 0 Å². The zero-order valence-electron chi connectivity index (χ0n) is 42.4. The molecule has 3 aliphatic carbocycles. The van der Waals surface area contributed by atoms with Crippen LogP contribution < -0.4 is 17.2 Å². The summed E-state index contributed by atoms with van der Waals surface area (Å²) in [5.74, 6) is 0. The first-order valence-electron chi connectivity index (χ1n) is 26.6. The van der Waals surface area contributed by atoms with E-state index < -0.39 is 0 Å². The summed E-state index contributed by atoms with van der Waals surface area (Å²) in [6, 6.07) is 71.2. The molecule has 0 bridgehead atoms. The molecule has 0 spiro atoms. The number of fused-ring (bicyclic) bond motifs is 12. The Bertz CT molecular complexity index is 4540. The van der Waals surface area contributed by atoms with Gasteiger partial charge in [0.05, 0.1) is 34.2 Å². The Balaban J connectivity index is 0.774. The predicted molar refractivity (Wildman–Crippen MR) is 319 cm³/mol. The minimum atomic E-state index is 0.755. The standard InChI is InChI=1S/C69H51N9/c70-46-12-5-37(6-13-46)55-19-25-61(73-55)64-28-22-58(76-64)42-11-18-49-45(31-42)36-54-67(49)52-32-40-1-3-43(59-23-29-65(77-59)62-26-20-56(74-62)38-7-14-47(71)15-8-38)34-50(40)68(52)53-33-41-2-4-44(35-51(41)69(53)54)60-24-30-66(78-60)63-27-21-57(75-63)39-9-16-48(72)17-10-39/h1-31,34-35,73-78H,32-33,36,70-72H2. The molecule has 9 nitrogen and oxygen atoms in total. The number of H-pyrrole nitrogens is 6. The second kappa shape index (κ2) is 16.8. The summed E-state index contributed by atoms with van der Waals surface area (Å²) in [5, 5.41) is 0. The highest BCUT2D eigenvalue weighted by molar-refractivity contribution is 6.02. The molecule has 0 saturated carbocycles. The summed E-state index contributed by atoms with van der Waals surface area (Å²) in [7, 11) is 0. The maximum atomic E-state index is 6.00. The monoisotopic (exact) mass is 1010 g/mol. The van der Waals surface area contributed by atoms with Crippen LogP contribution in [-0.2, 0) is 19.3 Å². The van der Waals surface area contributed by atoms with Crippen molar-refractivity contribution < 1.29 is 0 Å². The fraction of sp³-hybridized carbons (Fsp3) is 0.0435. The van der Waals surface area contributed by atoms with Crippen molar-refractivity contribution in [3.63, 3.8) is 0 Å². The van der Waals surface area contributed by atoms with Crippen LogP contribution in [0.5, 0.6) is 0 Å². The molecule has 6 aromatic heterocycles. The van der Waals surface area contributed by atoms with E-state index in [1.807, 2.05) is 36.4 Å². The smallest absolute Gasteiger partial charge is 0.0624 e. The molecule has 0 unspecified atom stereocenters. The van der Waals surface area contributed by atoms with Gasteiger partial charge in [0.15, 0.2) is 0 Å². The number of aromatic amines is 6. The third-order valence-corrected chi connectivity index (χ3v) is 16.6. The van der Waals surface area contributed by atoms with Crippen molar-refractivity contribution in [2.24, 2.45) is 0 Å². The molecule has 0 aliphatic heterocycles. The summed E-state index contributed by atoms with van der Waals surface area (Å²) in [4.78, 5) is 22.2. The largest absolute Gasteiger partial charge is 0.399 e. The second-order valence-electron chi connectivity index (χ2n) is 21.3. The van der Waals surface area contributed by atoms with Gasteiger partial charge in [0.25, 0.3) is 0 Å². The highest BCUT2D eigenvalue weighted by Gasteiger charge is 2.38. The molecule has 9 heteroatoms. The highest BCUT2D eigenvalue weighted by atomic mass is 14.8. The number of nitrogens with one attached hydrogen (secondary N) is 6. The maximum absolute atomic E-state index is 6.00. The van der Waals surface area contributed by atoms with E-state index >= 15 is 0 Å². The molecular weight excluding hydrogens is 955 g/mol. The van der Waals surface area contributed by atoms with Crippen molar-refractivity contribution in [2.45, 2.75) is 19.3 Å². The minimum absolute atomic E-state index is 0.755. The van der Waals surface area contributed by atoms with Gasteiger partial charge in [-0.05, 0) is 247 Å². The summed E-state index contributed by atoms with van der Waals surface area (Å²) < 4.78 is 0. The molecule has 6 heterocycles. The van der Waals surface area contributed by atoms with Crippen LogP contribution >= 0.6 is 0 Å². The Hall–Kier alpha value is -10.4. The van der Waals surface area contributed by atoms with Crippen molar-refractivity contribution in [3.05, 3.63) is 234 Å². The number of hydrogen-bond donors (Lipinski definition) is 9. The van der Waals surface area contributed by atoms with Gasteiger partial charge in [0.1, 0.15) is 0 Å². The van der Waals surface area contributed by atoms with Gasteiger partial charge in [-0.25, -0.2) is 0 Å². The van der Waals surface area contributed by atoms with E-state index in [2.05, 4.69) is 194 Å². The second-order valence-corrected chi connectivity index (χ2v) is 21.3. The van der Waals surface area contributed by atoms with Crippen LogP contribution in [0.3, 0.4) is 0 Å². The number of anilines is 3. The van der Waals surface area contributed by atoms with E-state index in [0.29, 0.717) is 0 Å². The number of hydrogen-bond acceptors (Lipinski definition) is 3. The van der Waals surface area contributed by atoms with Gasteiger partial charge in [-0.2, -0.15) is 0 Å². The fourth-order valence-corrected chi connectivity index (χ4v) is 12.7. The molecule has 0 fully saturated rings. The molecule has 13 aromatic rings. The van der Waals surface area contributed by atoms with Gasteiger partial charge in [0.2, 0.25) is 0 Å². The zero-order valence-corrected chi connectivity index (χ0v) is 42.4. The average molecular weight is 1010 g/mol. The molecule has 3 aliphatic rings. The minimum Gasteiger partial charge on any atom is -0.399 e. The van der Waals surface area contributed by atoms with Crippen molar-refractivity contribution >= 4 is 17.1 Å². The van der Waals surface area contributed by atoms with Crippen molar-refractivity contribution in [1.82, 2.24) is 29.9 Å². The normalized spacial score (nSPS) is 12.6. The average Bonchev–Trinajstić information content (AvgIpc) is 4.47. The lowest BCUT2D eigenvalue weighted by Gasteiger charge is -2.17. The predicted octanol–water partition coefficient (Wildman–Crippen LogP) is 16.1. The SMILES string of the molecule is Nc1ccc(-c2ccc(-c3ccc(-c4ccc5c(c4)Cc4c-5c5c(c6c4-c4cc(-c7ccc(-c8ccc(-c9ccc(N)cc9)[nH]8)[nH]7)ccc4C6)-c4cc(-c6ccc(-c7ccc(-c8ccc(N)cc8)[nH]7)[nH]6)ccc4C5)[nH]3)[nH]2)cc1. The van der Waals surface area contributed by atoms with Gasteiger partial charge in [-0.1, -0.05) is 72.8 Å². The van der Waals surface area contributed by atoms with Crippen LogP contribution in [0, 0.1) is 0 Å². The molecule has 12 N–H and O–H groups in total. The van der Waals surface area contributed by atoms with E-state index in [0.717, 1.165) is 121 Å². The van der Waals surface area contributed by atoms with Gasteiger partial charge < -0.3 is 47.1 Å². The molecule has 78 heavy (non-hydrogen) atoms. The van der Waals surface area contributed by atoms with Crippen molar-refractivity contribution in [2.75, 3.05) is 17.2 Å². The third kappa shape index (κ3) is 7.09. The quantitative estimate of drug-likeness (QED) is 0.0657. The van der Waals surface area contributed by atoms with E-state index in [1.165, 1.54) is 83.5 Å². The highest BCUT2D eigenvalue weighted by Crippen LogP contribution is 2.57. The summed E-state index contributed by atoms with van der Waals surface area (Å²) >= 11 is 0. The number of benzene rings is 7. The lowest BCUT2D eigenvalue weighted by Crippen LogP contribution is -1.97. The molecule has 372 valence electrons. The van der Waals surface area contributed by atoms with Gasteiger partial charge in [-0.3, -0.25) is 0 Å². The molecule has 16 rings (SSSR count). The van der Waals surface area contributed by atoms with Crippen LogP contribution in [0.1, 0.15) is 33.4 Å². The molecule has 7 aromatic carbocycles. The first-order chi connectivity index (χ1) is 38.3. The van der Waals surface area contributed by atoms with Crippen LogP contribution in [-0.4, -0.2) is 29.9 Å². The van der Waals surface area contributed by atoms with E-state index in [4.69, 9.17) is 17.2 Å². The van der Waals surface area contributed by atoms with Crippen molar-refractivity contribution in [3.8, 4) is 135 Å². The Morgan fingerprint density at radius 3 is 0.821 bits per heavy atom. The summed E-state index contributed by atoms with van der Waals surface area (Å²) in [5.41, 5.74) is 56.4. The maximum Gasteiger partial charge on any atom is 0.0624 e. The number of rotatable bonds is 9. The first kappa shape index (κ1) is 44.0.